The zero-order valence-corrected chi connectivity index (χ0v) is 17.4. The number of hydrogen-bond donors (Lipinski definition) is 2. The van der Waals surface area contributed by atoms with Crippen molar-refractivity contribution in [1.29, 1.82) is 0 Å². The number of nitrogens with zero attached hydrogens (tertiary/aromatic N) is 3. The lowest BCUT2D eigenvalue weighted by molar-refractivity contribution is 0.450. The molecule has 2 aromatic rings. The summed E-state index contributed by atoms with van der Waals surface area (Å²) in [5.41, 5.74) is 4.86. The van der Waals surface area contributed by atoms with Crippen molar-refractivity contribution in [3.63, 3.8) is 0 Å². The molecule has 1 saturated heterocycles. The maximum atomic E-state index is 13.1. The van der Waals surface area contributed by atoms with Gasteiger partial charge in [-0.05, 0) is 43.7 Å². The van der Waals surface area contributed by atoms with Crippen molar-refractivity contribution in [2.24, 2.45) is 0 Å². The lowest BCUT2D eigenvalue weighted by atomic mass is 10.1. The summed E-state index contributed by atoms with van der Waals surface area (Å²) in [6.45, 7) is 4.00. The first-order chi connectivity index (χ1) is 15.3. The molecule has 2 aliphatic heterocycles. The quantitative estimate of drug-likeness (QED) is 0.518. The highest BCUT2D eigenvalue weighted by Gasteiger charge is 2.22. The Labute approximate surface area is 180 Å². The van der Waals surface area contributed by atoms with E-state index in [1.54, 1.807) is 0 Å². The highest BCUT2D eigenvalue weighted by Crippen LogP contribution is 2.33. The van der Waals surface area contributed by atoms with E-state index in [0.29, 0.717) is 24.4 Å². The topological polar surface area (TPSA) is 66.0 Å². The van der Waals surface area contributed by atoms with Crippen LogP contribution in [-0.2, 0) is 6.54 Å². The number of aromatic nitrogens is 3. The molecule has 0 saturated carbocycles. The molecule has 1 aliphatic carbocycles. The molecule has 160 valence electrons. The Morgan fingerprint density at radius 3 is 2.87 bits per heavy atom. The van der Waals surface area contributed by atoms with Gasteiger partial charge in [-0.15, -0.1) is 0 Å². The Morgan fingerprint density at radius 1 is 1.06 bits per heavy atom. The van der Waals surface area contributed by atoms with Crippen LogP contribution in [0.25, 0.3) is 33.7 Å². The standard InChI is InChI=1S/C24H26FN5O/c25-10-4-14-30-21-9-8-17(29-13-5-11-26-12-15-29)16-20(21)27-23(30)22-18-6-2-1-3-7-19(18)28-24(22)31/h1-3,6-9,16,26H,4-5,10-15H2,(H,28,31). The summed E-state index contributed by atoms with van der Waals surface area (Å²) in [5, 5.41) is 3.43. The van der Waals surface area contributed by atoms with Gasteiger partial charge in [0.2, 0.25) is 0 Å². The summed E-state index contributed by atoms with van der Waals surface area (Å²) in [7, 11) is 0. The average molecular weight is 420 g/mol. The predicted molar refractivity (Wildman–Crippen MR) is 123 cm³/mol. The van der Waals surface area contributed by atoms with E-state index >= 15 is 0 Å². The fourth-order valence-electron chi connectivity index (χ4n) is 4.46. The number of alkyl halides is 1. The summed E-state index contributed by atoms with van der Waals surface area (Å²) >= 11 is 0. The van der Waals surface area contributed by atoms with Gasteiger partial charge >= 0.3 is 0 Å². The Kier molecular flexibility index (Phi) is 5.42. The van der Waals surface area contributed by atoms with Crippen LogP contribution in [0.1, 0.15) is 12.8 Å². The van der Waals surface area contributed by atoms with Crippen molar-refractivity contribution < 1.29 is 4.39 Å². The first kappa shape index (κ1) is 19.8. The van der Waals surface area contributed by atoms with Crippen molar-refractivity contribution in [3.8, 4) is 22.6 Å². The fraction of sp³-hybridized carbons (Fsp3) is 0.333. The second-order valence-electron chi connectivity index (χ2n) is 7.96. The van der Waals surface area contributed by atoms with Crippen molar-refractivity contribution in [2.45, 2.75) is 19.4 Å². The second kappa shape index (κ2) is 8.51. The van der Waals surface area contributed by atoms with Gasteiger partial charge < -0.3 is 19.8 Å². The van der Waals surface area contributed by atoms with E-state index in [0.717, 1.165) is 60.6 Å². The maximum absolute atomic E-state index is 13.1. The van der Waals surface area contributed by atoms with E-state index in [1.807, 2.05) is 34.9 Å². The number of aromatic amines is 1. The van der Waals surface area contributed by atoms with Crippen LogP contribution in [0.2, 0.25) is 0 Å². The number of rotatable bonds is 5. The third-order valence-corrected chi connectivity index (χ3v) is 5.96. The van der Waals surface area contributed by atoms with Gasteiger partial charge in [-0.2, -0.15) is 0 Å². The Balaban J connectivity index is 1.66. The van der Waals surface area contributed by atoms with Gasteiger partial charge in [0.1, 0.15) is 5.82 Å². The van der Waals surface area contributed by atoms with Gasteiger partial charge in [0.15, 0.2) is 0 Å². The molecule has 7 heteroatoms. The molecule has 1 aromatic heterocycles. The van der Waals surface area contributed by atoms with Crippen LogP contribution < -0.4 is 15.8 Å². The minimum atomic E-state index is -0.412. The van der Waals surface area contributed by atoms with Crippen LogP contribution in [0.4, 0.5) is 10.1 Å². The lowest BCUT2D eigenvalue weighted by Crippen LogP contribution is -2.27. The third kappa shape index (κ3) is 3.70. The van der Waals surface area contributed by atoms with E-state index < -0.39 is 6.67 Å². The normalized spacial score (nSPS) is 14.9. The molecule has 0 spiro atoms. The fourth-order valence-corrected chi connectivity index (χ4v) is 4.46. The molecule has 6 nitrogen and oxygen atoms in total. The molecule has 0 bridgehead atoms. The van der Waals surface area contributed by atoms with E-state index in [-0.39, 0.29) is 5.56 Å². The summed E-state index contributed by atoms with van der Waals surface area (Å²) in [6, 6.07) is 15.8. The predicted octanol–water partition coefficient (Wildman–Crippen LogP) is 3.66. The largest absolute Gasteiger partial charge is 0.370 e. The lowest BCUT2D eigenvalue weighted by Gasteiger charge is -2.22. The molecule has 0 unspecified atom stereocenters. The first-order valence-electron chi connectivity index (χ1n) is 10.9. The smallest absolute Gasteiger partial charge is 0.260 e. The summed E-state index contributed by atoms with van der Waals surface area (Å²) in [5.74, 6) is 0.598. The molecule has 2 N–H and O–H groups in total. The number of benzene rings is 1. The van der Waals surface area contributed by atoms with E-state index in [1.165, 1.54) is 0 Å². The van der Waals surface area contributed by atoms with Gasteiger partial charge in [-0.3, -0.25) is 9.18 Å². The molecule has 0 atom stereocenters. The summed E-state index contributed by atoms with van der Waals surface area (Å²) in [6.07, 6.45) is 1.47. The molecule has 3 heterocycles. The van der Waals surface area contributed by atoms with Gasteiger partial charge in [-0.1, -0.05) is 24.3 Å². The number of hydrogen-bond acceptors (Lipinski definition) is 4. The number of halogens is 1. The average Bonchev–Trinajstić information content (AvgIpc) is 3.03. The summed E-state index contributed by atoms with van der Waals surface area (Å²) < 4.78 is 15.1. The Hall–Kier alpha value is -3.19. The minimum absolute atomic E-state index is 0.170. The van der Waals surface area contributed by atoms with Crippen molar-refractivity contribution >= 4 is 16.7 Å². The minimum Gasteiger partial charge on any atom is -0.370 e. The van der Waals surface area contributed by atoms with Crippen LogP contribution in [0.5, 0.6) is 0 Å². The number of H-pyrrole nitrogens is 1. The Bertz CT molecular complexity index is 1220. The van der Waals surface area contributed by atoms with Gasteiger partial charge in [0.25, 0.3) is 5.56 Å². The van der Waals surface area contributed by atoms with Crippen LogP contribution in [0.15, 0.2) is 53.3 Å². The van der Waals surface area contributed by atoms with E-state index in [2.05, 4.69) is 33.4 Å². The Morgan fingerprint density at radius 2 is 1.97 bits per heavy atom. The molecule has 31 heavy (non-hydrogen) atoms. The van der Waals surface area contributed by atoms with Crippen molar-refractivity contribution in [1.82, 2.24) is 19.9 Å². The van der Waals surface area contributed by atoms with E-state index in [4.69, 9.17) is 4.98 Å². The second-order valence-corrected chi connectivity index (χ2v) is 7.96. The van der Waals surface area contributed by atoms with Gasteiger partial charge in [-0.25, -0.2) is 4.98 Å². The maximum Gasteiger partial charge on any atom is 0.260 e. The molecule has 1 fully saturated rings. The number of anilines is 1. The zero-order chi connectivity index (χ0) is 21.2. The highest BCUT2D eigenvalue weighted by atomic mass is 19.1. The molecular weight excluding hydrogens is 393 g/mol. The van der Waals surface area contributed by atoms with Crippen molar-refractivity contribution in [3.05, 3.63) is 58.9 Å². The summed E-state index contributed by atoms with van der Waals surface area (Å²) in [4.78, 5) is 23.1. The molecule has 0 radical (unpaired) electrons. The van der Waals surface area contributed by atoms with E-state index in [9.17, 15) is 9.18 Å². The SMILES string of the molecule is O=c1[nH]c2cccccc-2c1-c1nc2cc(N3CCCNCC3)ccc2n1CCCF. The van der Waals surface area contributed by atoms with Crippen LogP contribution in [0, 0.1) is 0 Å². The number of imidazole rings is 1. The van der Waals surface area contributed by atoms with Crippen molar-refractivity contribution in [2.75, 3.05) is 37.8 Å². The van der Waals surface area contributed by atoms with Crippen LogP contribution in [-0.4, -0.2) is 47.4 Å². The van der Waals surface area contributed by atoms with Crippen LogP contribution >= 0.6 is 0 Å². The first-order valence-corrected chi connectivity index (χ1v) is 10.9. The number of nitrogens with one attached hydrogen (secondary N) is 2. The third-order valence-electron chi connectivity index (χ3n) is 5.96. The monoisotopic (exact) mass is 419 g/mol. The van der Waals surface area contributed by atoms with Gasteiger partial charge in [0.05, 0.1) is 23.3 Å². The highest BCUT2D eigenvalue weighted by molar-refractivity contribution is 5.88. The number of aryl methyl sites for hydroxylation is 1. The molecule has 0 amide bonds. The molecule has 1 aromatic carbocycles. The molecular formula is C24H26FN5O. The van der Waals surface area contributed by atoms with Gasteiger partial charge in [0, 0.05) is 43.1 Å². The zero-order valence-electron chi connectivity index (χ0n) is 17.4. The van der Waals surface area contributed by atoms with Crippen LogP contribution in [0.3, 0.4) is 0 Å². The molecule has 3 aliphatic rings. The molecule has 5 rings (SSSR count). The number of fused-ring (bicyclic) bond motifs is 2.